The molecular formula is C19H14O2. The summed E-state index contributed by atoms with van der Waals surface area (Å²) in [5.74, 6) is 0.547. The average molecular weight is 274 g/mol. The van der Waals surface area contributed by atoms with Crippen LogP contribution in [0, 0.1) is 0 Å². The van der Waals surface area contributed by atoms with E-state index in [2.05, 4.69) is 18.2 Å². The van der Waals surface area contributed by atoms with Crippen LogP contribution in [0.15, 0.2) is 82.0 Å². The maximum atomic E-state index is 11.2. The number of hydrogen-bond acceptors (Lipinski definition) is 2. The summed E-state index contributed by atoms with van der Waals surface area (Å²) in [6, 6.07) is 23.2. The fourth-order valence-electron chi connectivity index (χ4n) is 2.19. The zero-order valence-corrected chi connectivity index (χ0v) is 11.4. The first kappa shape index (κ1) is 13.1. The minimum absolute atomic E-state index is 0.339. The molecule has 0 fully saturated rings. The van der Waals surface area contributed by atoms with Crippen molar-refractivity contribution in [1.29, 1.82) is 0 Å². The molecule has 0 unspecified atom stereocenters. The molecule has 0 saturated carbocycles. The normalized spacial score (nSPS) is 10.9. The summed E-state index contributed by atoms with van der Waals surface area (Å²) >= 11 is 0. The van der Waals surface area contributed by atoms with E-state index < -0.39 is 0 Å². The summed E-state index contributed by atoms with van der Waals surface area (Å²) in [6.07, 6.45) is 3.77. The van der Waals surface area contributed by atoms with Crippen LogP contribution >= 0.6 is 0 Å². The van der Waals surface area contributed by atoms with Crippen molar-refractivity contribution in [3.8, 4) is 11.1 Å². The number of benzene rings is 2. The lowest BCUT2D eigenvalue weighted by molar-refractivity contribution is 0.501. The molecule has 0 aliphatic rings. The lowest BCUT2D eigenvalue weighted by atomic mass is 9.99. The third kappa shape index (κ3) is 3.18. The van der Waals surface area contributed by atoms with Crippen LogP contribution in [0.25, 0.3) is 23.3 Å². The van der Waals surface area contributed by atoms with Gasteiger partial charge in [-0.1, -0.05) is 66.7 Å². The molecule has 3 aromatic rings. The highest BCUT2D eigenvalue weighted by Gasteiger charge is 2.01. The Bertz CT molecular complexity index is 814. The minimum atomic E-state index is -0.339. The van der Waals surface area contributed by atoms with Crippen LogP contribution in [-0.2, 0) is 0 Å². The summed E-state index contributed by atoms with van der Waals surface area (Å²) in [5.41, 5.74) is 3.04. The second kappa shape index (κ2) is 6.06. The zero-order valence-electron chi connectivity index (χ0n) is 11.4. The van der Waals surface area contributed by atoms with Crippen molar-refractivity contribution < 1.29 is 4.42 Å². The molecule has 0 aliphatic carbocycles. The van der Waals surface area contributed by atoms with Gasteiger partial charge in [0.05, 0.1) is 0 Å². The highest BCUT2D eigenvalue weighted by atomic mass is 16.4. The van der Waals surface area contributed by atoms with Crippen molar-refractivity contribution in [3.63, 3.8) is 0 Å². The van der Waals surface area contributed by atoms with Crippen LogP contribution in [0.4, 0.5) is 0 Å². The lowest BCUT2D eigenvalue weighted by Crippen LogP contribution is -1.94. The molecule has 0 amide bonds. The third-order valence-corrected chi connectivity index (χ3v) is 3.18. The van der Waals surface area contributed by atoms with Crippen LogP contribution in [-0.4, -0.2) is 0 Å². The molecule has 0 radical (unpaired) electrons. The van der Waals surface area contributed by atoms with Gasteiger partial charge in [-0.2, -0.15) is 0 Å². The molecule has 2 nitrogen and oxygen atoms in total. The van der Waals surface area contributed by atoms with Gasteiger partial charge in [0, 0.05) is 6.07 Å². The van der Waals surface area contributed by atoms with Gasteiger partial charge in [0.2, 0.25) is 0 Å². The largest absolute Gasteiger partial charge is 0.423 e. The van der Waals surface area contributed by atoms with E-state index >= 15 is 0 Å². The van der Waals surface area contributed by atoms with Crippen LogP contribution in [0.2, 0.25) is 0 Å². The predicted molar refractivity (Wildman–Crippen MR) is 85.8 cm³/mol. The standard InChI is InChI=1S/C19H14O2/c20-19-12-6-10-17(21-19)14-13-16-9-4-5-11-18(16)15-7-2-1-3-8-15/h1-14H. The average Bonchev–Trinajstić information content (AvgIpc) is 2.54. The summed E-state index contributed by atoms with van der Waals surface area (Å²) in [4.78, 5) is 11.2. The molecule has 2 heteroatoms. The van der Waals surface area contributed by atoms with Gasteiger partial charge in [0.25, 0.3) is 0 Å². The number of hydrogen-bond donors (Lipinski definition) is 0. The summed E-state index contributed by atoms with van der Waals surface area (Å²) in [7, 11) is 0. The van der Waals surface area contributed by atoms with Crippen LogP contribution in [0.5, 0.6) is 0 Å². The van der Waals surface area contributed by atoms with E-state index in [4.69, 9.17) is 4.42 Å². The van der Waals surface area contributed by atoms with Gasteiger partial charge in [-0.3, -0.25) is 0 Å². The smallest absolute Gasteiger partial charge is 0.336 e. The zero-order chi connectivity index (χ0) is 14.5. The Balaban J connectivity index is 1.98. The second-order valence-corrected chi connectivity index (χ2v) is 4.64. The summed E-state index contributed by atoms with van der Waals surface area (Å²) < 4.78 is 5.10. The molecule has 102 valence electrons. The molecule has 1 aromatic heterocycles. The topological polar surface area (TPSA) is 30.2 Å². The van der Waals surface area contributed by atoms with E-state index in [0.717, 1.165) is 16.7 Å². The number of rotatable bonds is 3. The van der Waals surface area contributed by atoms with Gasteiger partial charge in [0.1, 0.15) is 5.76 Å². The first-order valence-electron chi connectivity index (χ1n) is 6.76. The Morgan fingerprint density at radius 2 is 1.48 bits per heavy atom. The Kier molecular flexibility index (Phi) is 3.79. The van der Waals surface area contributed by atoms with E-state index in [1.807, 2.05) is 48.6 Å². The molecule has 0 atom stereocenters. The first-order valence-corrected chi connectivity index (χ1v) is 6.76. The highest BCUT2D eigenvalue weighted by molar-refractivity contribution is 5.80. The van der Waals surface area contributed by atoms with Gasteiger partial charge in [-0.15, -0.1) is 0 Å². The van der Waals surface area contributed by atoms with E-state index in [-0.39, 0.29) is 5.63 Å². The molecule has 0 saturated heterocycles. The van der Waals surface area contributed by atoms with Crippen LogP contribution < -0.4 is 5.63 Å². The van der Waals surface area contributed by atoms with Crippen LogP contribution in [0.1, 0.15) is 11.3 Å². The maximum Gasteiger partial charge on any atom is 0.336 e. The van der Waals surface area contributed by atoms with Gasteiger partial charge in [-0.05, 0) is 28.8 Å². The van der Waals surface area contributed by atoms with Crippen molar-refractivity contribution >= 4 is 12.2 Å². The van der Waals surface area contributed by atoms with Crippen molar-refractivity contribution in [1.82, 2.24) is 0 Å². The van der Waals surface area contributed by atoms with E-state index in [0.29, 0.717) is 5.76 Å². The predicted octanol–water partition coefficient (Wildman–Crippen LogP) is 4.48. The summed E-state index contributed by atoms with van der Waals surface area (Å²) in [6.45, 7) is 0. The first-order chi connectivity index (χ1) is 10.3. The molecule has 3 rings (SSSR count). The second-order valence-electron chi connectivity index (χ2n) is 4.64. The van der Waals surface area contributed by atoms with Crippen molar-refractivity contribution in [2.75, 3.05) is 0 Å². The van der Waals surface area contributed by atoms with E-state index in [9.17, 15) is 4.79 Å². The van der Waals surface area contributed by atoms with Crippen molar-refractivity contribution in [2.45, 2.75) is 0 Å². The Morgan fingerprint density at radius 3 is 2.29 bits per heavy atom. The van der Waals surface area contributed by atoms with Crippen LogP contribution in [0.3, 0.4) is 0 Å². The Hall–Kier alpha value is -2.87. The third-order valence-electron chi connectivity index (χ3n) is 3.18. The molecule has 2 aromatic carbocycles. The molecule has 0 aliphatic heterocycles. The van der Waals surface area contributed by atoms with E-state index in [1.54, 1.807) is 12.1 Å². The minimum Gasteiger partial charge on any atom is -0.423 e. The molecule has 1 heterocycles. The monoisotopic (exact) mass is 274 g/mol. The highest BCUT2D eigenvalue weighted by Crippen LogP contribution is 2.24. The molecule has 0 bridgehead atoms. The molecule has 0 N–H and O–H groups in total. The fourth-order valence-corrected chi connectivity index (χ4v) is 2.19. The van der Waals surface area contributed by atoms with E-state index in [1.165, 1.54) is 6.07 Å². The SMILES string of the molecule is O=c1cccc(C=Cc2ccccc2-c2ccccc2)o1. The van der Waals surface area contributed by atoms with Crippen molar-refractivity contribution in [3.05, 3.63) is 94.5 Å². The van der Waals surface area contributed by atoms with Gasteiger partial charge >= 0.3 is 5.63 Å². The lowest BCUT2D eigenvalue weighted by Gasteiger charge is -2.05. The summed E-state index contributed by atoms with van der Waals surface area (Å²) in [5, 5.41) is 0. The molecular weight excluding hydrogens is 260 g/mol. The van der Waals surface area contributed by atoms with Gasteiger partial charge in [0.15, 0.2) is 0 Å². The molecule has 0 spiro atoms. The quantitative estimate of drug-likeness (QED) is 0.705. The molecule has 21 heavy (non-hydrogen) atoms. The Labute approximate surface area is 123 Å². The van der Waals surface area contributed by atoms with Crippen molar-refractivity contribution in [2.24, 2.45) is 0 Å². The Morgan fingerprint density at radius 1 is 0.714 bits per heavy atom. The van der Waals surface area contributed by atoms with Gasteiger partial charge in [-0.25, -0.2) is 4.79 Å². The maximum absolute atomic E-state index is 11.2. The van der Waals surface area contributed by atoms with Gasteiger partial charge < -0.3 is 4.42 Å². The fraction of sp³-hybridized carbons (Fsp3) is 0.